The highest BCUT2D eigenvalue weighted by Crippen LogP contribution is 2.43. The fourth-order valence-corrected chi connectivity index (χ4v) is 2.18. The molecule has 0 aromatic heterocycles. The fourth-order valence-electron chi connectivity index (χ4n) is 2.18. The van der Waals surface area contributed by atoms with E-state index < -0.39 is 0 Å². The third-order valence-electron chi connectivity index (χ3n) is 3.26. The second-order valence-electron chi connectivity index (χ2n) is 6.54. The largest absolute Gasteiger partial charge is 0.350 e. The Morgan fingerprint density at radius 2 is 1.86 bits per heavy atom. The second-order valence-corrected chi connectivity index (χ2v) is 6.54. The topological polar surface area (TPSA) is 47.9 Å². The number of rotatable bonds is 3. The van der Waals surface area contributed by atoms with Crippen molar-refractivity contribution in [2.45, 2.75) is 45.2 Å². The van der Waals surface area contributed by atoms with Crippen molar-refractivity contribution in [3.05, 3.63) is 35.9 Å². The van der Waals surface area contributed by atoms with Crippen molar-refractivity contribution < 1.29 is 5.21 Å². The molecule has 0 spiro atoms. The maximum absolute atomic E-state index is 9.81. The molecule has 1 aromatic rings. The molecule has 0 bridgehead atoms. The van der Waals surface area contributed by atoms with Crippen LogP contribution in [0.1, 0.15) is 45.2 Å². The van der Waals surface area contributed by atoms with Crippen LogP contribution in [0.4, 0.5) is 0 Å². The van der Waals surface area contributed by atoms with Crippen LogP contribution in [0, 0.1) is 5.92 Å². The van der Waals surface area contributed by atoms with Crippen molar-refractivity contribution in [3.8, 4) is 0 Å². The van der Waals surface area contributed by atoms with Gasteiger partial charge in [-0.15, -0.1) is 12.4 Å². The molecule has 5 heteroatoms. The van der Waals surface area contributed by atoms with Crippen LogP contribution in [-0.4, -0.2) is 28.8 Å². The van der Waals surface area contributed by atoms with Crippen molar-refractivity contribution >= 4 is 18.4 Å². The van der Waals surface area contributed by atoms with E-state index in [1.807, 2.05) is 18.2 Å². The number of guanidine groups is 1. The number of halogens is 1. The standard InChI is InChI=1S/C16H25N3O.ClH/c1-16(2,3)18-15(19(4)20)17-14(13-10-11-13)12-8-6-5-7-9-12;/h5-9,13-14,20H,10-11H2,1-4H3,(H,17,18);1H. The van der Waals surface area contributed by atoms with E-state index in [2.05, 4.69) is 38.2 Å². The van der Waals surface area contributed by atoms with Crippen LogP contribution < -0.4 is 5.32 Å². The van der Waals surface area contributed by atoms with E-state index in [0.717, 1.165) is 5.06 Å². The number of hydroxylamine groups is 2. The Kier molecular flexibility index (Phi) is 6.05. The molecule has 0 saturated heterocycles. The van der Waals surface area contributed by atoms with Crippen molar-refractivity contribution in [2.24, 2.45) is 10.9 Å². The lowest BCUT2D eigenvalue weighted by Gasteiger charge is -2.27. The van der Waals surface area contributed by atoms with Gasteiger partial charge in [0.05, 0.1) is 6.04 Å². The van der Waals surface area contributed by atoms with E-state index in [0.29, 0.717) is 11.9 Å². The van der Waals surface area contributed by atoms with Crippen molar-refractivity contribution in [1.29, 1.82) is 0 Å². The third kappa shape index (κ3) is 5.56. The highest BCUT2D eigenvalue weighted by atomic mass is 35.5. The molecule has 21 heavy (non-hydrogen) atoms. The van der Waals surface area contributed by atoms with Gasteiger partial charge in [-0.2, -0.15) is 0 Å². The molecule has 1 aliphatic rings. The van der Waals surface area contributed by atoms with Crippen LogP contribution in [0.3, 0.4) is 0 Å². The number of nitrogens with zero attached hydrogens (tertiary/aromatic N) is 2. The van der Waals surface area contributed by atoms with Crippen LogP contribution in [0.15, 0.2) is 35.3 Å². The highest BCUT2D eigenvalue weighted by Gasteiger charge is 2.33. The number of hydrogen-bond acceptors (Lipinski definition) is 2. The summed E-state index contributed by atoms with van der Waals surface area (Å²) in [5.41, 5.74) is 1.07. The zero-order valence-corrected chi connectivity index (χ0v) is 14.0. The van der Waals surface area contributed by atoms with E-state index >= 15 is 0 Å². The molecule has 2 rings (SSSR count). The predicted molar refractivity (Wildman–Crippen MR) is 89.0 cm³/mol. The average molecular weight is 312 g/mol. The monoisotopic (exact) mass is 311 g/mol. The summed E-state index contributed by atoms with van der Waals surface area (Å²) in [6.45, 7) is 6.17. The minimum atomic E-state index is -0.138. The summed E-state index contributed by atoms with van der Waals surface area (Å²) in [4.78, 5) is 4.77. The molecule has 118 valence electrons. The molecule has 2 N–H and O–H groups in total. The van der Waals surface area contributed by atoms with E-state index in [1.54, 1.807) is 7.05 Å². The Hall–Kier alpha value is -1.26. The molecule has 1 saturated carbocycles. The maximum atomic E-state index is 9.81. The van der Waals surface area contributed by atoms with Gasteiger partial charge >= 0.3 is 0 Å². The Bertz CT molecular complexity index is 464. The minimum absolute atomic E-state index is 0. The van der Waals surface area contributed by atoms with Gasteiger partial charge < -0.3 is 5.32 Å². The van der Waals surface area contributed by atoms with Gasteiger partial charge in [0, 0.05) is 12.6 Å². The Labute approximate surface area is 133 Å². The van der Waals surface area contributed by atoms with Gasteiger partial charge in [-0.1, -0.05) is 30.3 Å². The molecule has 0 aliphatic heterocycles. The van der Waals surface area contributed by atoms with Gasteiger partial charge in [0.2, 0.25) is 5.96 Å². The lowest BCUT2D eigenvalue weighted by atomic mass is 10.0. The van der Waals surface area contributed by atoms with E-state index in [1.165, 1.54) is 18.4 Å². The van der Waals surface area contributed by atoms with Crippen molar-refractivity contribution in [1.82, 2.24) is 10.4 Å². The zero-order chi connectivity index (χ0) is 14.8. The van der Waals surface area contributed by atoms with Gasteiger partial charge in [0.15, 0.2) is 0 Å². The summed E-state index contributed by atoms with van der Waals surface area (Å²) in [7, 11) is 1.60. The molecule has 1 aromatic carbocycles. The highest BCUT2D eigenvalue weighted by molar-refractivity contribution is 5.85. The van der Waals surface area contributed by atoms with Crippen molar-refractivity contribution in [3.63, 3.8) is 0 Å². The van der Waals surface area contributed by atoms with Gasteiger partial charge in [0.1, 0.15) is 0 Å². The summed E-state index contributed by atoms with van der Waals surface area (Å²) in [5, 5.41) is 14.2. The lowest BCUT2D eigenvalue weighted by Crippen LogP contribution is -2.47. The predicted octanol–water partition coefficient (Wildman–Crippen LogP) is 3.62. The molecule has 4 nitrogen and oxygen atoms in total. The summed E-state index contributed by atoms with van der Waals surface area (Å²) in [6.07, 6.45) is 2.42. The van der Waals surface area contributed by atoms with Gasteiger partial charge in [0.25, 0.3) is 0 Å². The zero-order valence-electron chi connectivity index (χ0n) is 13.2. The lowest BCUT2D eigenvalue weighted by molar-refractivity contribution is 0.00664. The van der Waals surface area contributed by atoms with E-state index in [9.17, 15) is 5.21 Å². The first-order valence-corrected chi connectivity index (χ1v) is 7.20. The van der Waals surface area contributed by atoms with Crippen LogP contribution in [0.5, 0.6) is 0 Å². The molecular formula is C16H26ClN3O. The average Bonchev–Trinajstić information content (AvgIpc) is 3.18. The van der Waals surface area contributed by atoms with E-state index in [-0.39, 0.29) is 24.0 Å². The molecular weight excluding hydrogens is 286 g/mol. The summed E-state index contributed by atoms with van der Waals surface area (Å²) >= 11 is 0. The Balaban J connectivity index is 0.00000220. The molecule has 1 atom stereocenters. The Morgan fingerprint density at radius 3 is 2.29 bits per heavy atom. The number of hydrogen-bond donors (Lipinski definition) is 2. The Morgan fingerprint density at radius 1 is 1.29 bits per heavy atom. The number of aliphatic imine (C=N–C) groups is 1. The SMILES string of the molecule is CN(O)C(=NC(c1ccccc1)C1CC1)NC(C)(C)C.Cl. The first-order chi connectivity index (χ1) is 9.37. The molecule has 0 amide bonds. The van der Waals surface area contributed by atoms with Gasteiger partial charge in [-0.25, -0.2) is 10.1 Å². The van der Waals surface area contributed by atoms with Gasteiger partial charge in [-0.3, -0.25) is 5.21 Å². The summed E-state index contributed by atoms with van der Waals surface area (Å²) < 4.78 is 0. The maximum Gasteiger partial charge on any atom is 0.218 e. The normalized spacial score (nSPS) is 16.9. The smallest absolute Gasteiger partial charge is 0.218 e. The van der Waals surface area contributed by atoms with Gasteiger partial charge in [-0.05, 0) is 45.1 Å². The first kappa shape index (κ1) is 17.8. The summed E-state index contributed by atoms with van der Waals surface area (Å²) in [5.74, 6) is 1.12. The van der Waals surface area contributed by atoms with E-state index in [4.69, 9.17) is 4.99 Å². The summed E-state index contributed by atoms with van der Waals surface area (Å²) in [6, 6.07) is 10.4. The molecule has 1 fully saturated rings. The molecule has 1 aliphatic carbocycles. The third-order valence-corrected chi connectivity index (χ3v) is 3.26. The van der Waals surface area contributed by atoms with Crippen LogP contribution in [0.2, 0.25) is 0 Å². The van der Waals surface area contributed by atoms with Crippen LogP contribution in [0.25, 0.3) is 0 Å². The first-order valence-electron chi connectivity index (χ1n) is 7.20. The fraction of sp³-hybridized carbons (Fsp3) is 0.562. The number of nitrogens with one attached hydrogen (secondary N) is 1. The molecule has 1 unspecified atom stereocenters. The van der Waals surface area contributed by atoms with Crippen LogP contribution in [-0.2, 0) is 0 Å². The molecule has 0 radical (unpaired) electrons. The molecule has 0 heterocycles. The van der Waals surface area contributed by atoms with Crippen LogP contribution >= 0.6 is 12.4 Å². The number of benzene rings is 1. The van der Waals surface area contributed by atoms with Crippen molar-refractivity contribution in [2.75, 3.05) is 7.05 Å². The minimum Gasteiger partial charge on any atom is -0.350 e. The quantitative estimate of drug-likeness (QED) is 0.509. The second kappa shape index (κ2) is 7.14.